The summed E-state index contributed by atoms with van der Waals surface area (Å²) in [5.41, 5.74) is 0. The number of hydrogen-bond acceptors (Lipinski definition) is 6. The second kappa shape index (κ2) is 67.8. The highest BCUT2D eigenvalue weighted by molar-refractivity contribution is 5.71. The molecule has 0 saturated carbocycles. The fourth-order valence-corrected chi connectivity index (χ4v) is 8.93. The van der Waals surface area contributed by atoms with Gasteiger partial charge in [-0.3, -0.25) is 14.4 Å². The van der Waals surface area contributed by atoms with Gasteiger partial charge in [0.25, 0.3) is 0 Å². The Hall–Kier alpha value is -4.71. The second-order valence-electron chi connectivity index (χ2n) is 21.6. The molecule has 81 heavy (non-hydrogen) atoms. The molecule has 0 fully saturated rings. The molecule has 0 aromatic carbocycles. The first kappa shape index (κ1) is 76.3. The molecule has 1 unspecified atom stereocenters. The zero-order chi connectivity index (χ0) is 58.5. The zero-order valence-corrected chi connectivity index (χ0v) is 52.5. The van der Waals surface area contributed by atoms with Gasteiger partial charge in [-0.15, -0.1) is 0 Å². The van der Waals surface area contributed by atoms with Crippen LogP contribution in [0.25, 0.3) is 0 Å². The number of ether oxygens (including phenoxy) is 3. The maximum atomic E-state index is 12.9. The van der Waals surface area contributed by atoms with E-state index in [-0.39, 0.29) is 37.5 Å². The molecule has 0 saturated heterocycles. The van der Waals surface area contributed by atoms with Crippen LogP contribution in [0.4, 0.5) is 0 Å². The average molecular weight is 1120 g/mol. The Kier molecular flexibility index (Phi) is 63.9. The van der Waals surface area contributed by atoms with Crippen LogP contribution in [0.2, 0.25) is 0 Å². The summed E-state index contributed by atoms with van der Waals surface area (Å²) in [6, 6.07) is 0. The quantitative estimate of drug-likeness (QED) is 0.0261. The van der Waals surface area contributed by atoms with Crippen molar-refractivity contribution < 1.29 is 28.6 Å². The second-order valence-corrected chi connectivity index (χ2v) is 21.6. The minimum Gasteiger partial charge on any atom is -0.462 e. The van der Waals surface area contributed by atoms with Crippen molar-refractivity contribution in [3.8, 4) is 0 Å². The topological polar surface area (TPSA) is 78.9 Å². The van der Waals surface area contributed by atoms with Gasteiger partial charge >= 0.3 is 17.9 Å². The number of carbonyl (C=O) groups excluding carboxylic acids is 3. The minimum atomic E-state index is -0.815. The Morgan fingerprint density at radius 1 is 0.259 bits per heavy atom. The summed E-state index contributed by atoms with van der Waals surface area (Å²) in [5, 5.41) is 0. The smallest absolute Gasteiger partial charge is 0.306 e. The maximum Gasteiger partial charge on any atom is 0.306 e. The van der Waals surface area contributed by atoms with Gasteiger partial charge in [0.15, 0.2) is 6.10 Å². The van der Waals surface area contributed by atoms with Crippen molar-refractivity contribution in [2.24, 2.45) is 0 Å². The lowest BCUT2D eigenvalue weighted by atomic mass is 10.0. The summed E-state index contributed by atoms with van der Waals surface area (Å²) < 4.78 is 16.9. The third kappa shape index (κ3) is 66.0. The predicted octanol–water partition coefficient (Wildman–Crippen LogP) is 23.1. The van der Waals surface area contributed by atoms with E-state index in [0.29, 0.717) is 19.3 Å². The van der Waals surface area contributed by atoms with Gasteiger partial charge in [0.05, 0.1) is 0 Å². The molecule has 6 nitrogen and oxygen atoms in total. The molecule has 1 atom stereocenters. The summed E-state index contributed by atoms with van der Waals surface area (Å²) in [4.78, 5) is 38.4. The maximum absolute atomic E-state index is 12.9. The number of esters is 3. The van der Waals surface area contributed by atoms with Crippen molar-refractivity contribution in [1.82, 2.24) is 0 Å². The van der Waals surface area contributed by atoms with E-state index in [1.807, 2.05) is 0 Å². The number of rotatable bonds is 59. The van der Waals surface area contributed by atoms with Crippen LogP contribution >= 0.6 is 0 Å². The molecule has 0 aromatic rings. The Morgan fingerprint density at radius 3 is 0.802 bits per heavy atom. The normalized spacial score (nSPS) is 13.1. The van der Waals surface area contributed by atoms with Crippen LogP contribution in [-0.2, 0) is 28.6 Å². The van der Waals surface area contributed by atoms with E-state index >= 15 is 0 Å². The van der Waals surface area contributed by atoms with Crippen LogP contribution in [0.1, 0.15) is 290 Å². The molecule has 0 heterocycles. The van der Waals surface area contributed by atoms with Crippen LogP contribution in [0.5, 0.6) is 0 Å². The molecule has 6 heteroatoms. The largest absolute Gasteiger partial charge is 0.462 e. The van der Waals surface area contributed by atoms with Gasteiger partial charge in [-0.1, -0.05) is 301 Å². The van der Waals surface area contributed by atoms with Gasteiger partial charge in [-0.25, -0.2) is 0 Å². The fourth-order valence-electron chi connectivity index (χ4n) is 8.93. The third-order valence-electron chi connectivity index (χ3n) is 13.8. The predicted molar refractivity (Wildman–Crippen MR) is 352 cm³/mol. The molecule has 0 aliphatic heterocycles. The standard InChI is InChI=1S/C75H122O6/c1-4-7-10-13-16-19-22-25-28-31-33-35-37-39-41-44-47-50-53-56-59-62-65-68-74(77)80-71-72(70-79-73(76)67-64-61-58-55-52-49-46-43-30-27-24-21-18-15-12-9-6-3)81-75(78)69-66-63-60-57-54-51-48-45-42-40-38-36-34-32-29-26-23-20-17-14-11-8-5-2/h7-8,10-11,16-17,19-20,25-26,28-29,33-36,39-42,47,50,56,59,72H,4-6,9,12-15,18,21-24,27,30-32,37-38,43-46,48-49,51-55,57-58,60-71H2,1-3H3/b10-7-,11-8-,19-16-,20-17-,28-25-,29-26-,35-33-,36-34-,41-39-,42-40-,50-47-,59-56-. The highest BCUT2D eigenvalue weighted by Gasteiger charge is 2.19. The molecule has 0 bridgehead atoms. The van der Waals surface area contributed by atoms with E-state index in [2.05, 4.69) is 167 Å². The Morgan fingerprint density at radius 2 is 0.494 bits per heavy atom. The van der Waals surface area contributed by atoms with Crippen LogP contribution in [0, 0.1) is 0 Å². The van der Waals surface area contributed by atoms with Crippen molar-refractivity contribution in [3.63, 3.8) is 0 Å². The average Bonchev–Trinajstić information content (AvgIpc) is 3.47. The molecule has 0 N–H and O–H groups in total. The first-order valence-corrected chi connectivity index (χ1v) is 33.3. The van der Waals surface area contributed by atoms with Crippen LogP contribution in [0.3, 0.4) is 0 Å². The monoisotopic (exact) mass is 1120 g/mol. The van der Waals surface area contributed by atoms with Crippen molar-refractivity contribution in [2.75, 3.05) is 13.2 Å². The Balaban J connectivity index is 4.52. The van der Waals surface area contributed by atoms with Crippen molar-refractivity contribution in [2.45, 2.75) is 297 Å². The highest BCUT2D eigenvalue weighted by atomic mass is 16.6. The van der Waals surface area contributed by atoms with Crippen LogP contribution < -0.4 is 0 Å². The van der Waals surface area contributed by atoms with Gasteiger partial charge in [-0.2, -0.15) is 0 Å². The van der Waals surface area contributed by atoms with E-state index in [9.17, 15) is 14.4 Å². The lowest BCUT2D eigenvalue weighted by molar-refractivity contribution is -0.167. The van der Waals surface area contributed by atoms with E-state index in [1.54, 1.807) is 0 Å². The lowest BCUT2D eigenvalue weighted by Gasteiger charge is -2.18. The van der Waals surface area contributed by atoms with Gasteiger partial charge in [0.1, 0.15) is 13.2 Å². The molecule has 0 aliphatic carbocycles. The van der Waals surface area contributed by atoms with E-state index in [1.165, 1.54) is 109 Å². The highest BCUT2D eigenvalue weighted by Crippen LogP contribution is 2.16. The summed E-state index contributed by atoms with van der Waals surface area (Å²) in [6.07, 6.45) is 97.1. The first-order valence-electron chi connectivity index (χ1n) is 33.3. The van der Waals surface area contributed by atoms with Crippen molar-refractivity contribution >= 4 is 17.9 Å². The molecule has 0 amide bonds. The van der Waals surface area contributed by atoms with Crippen LogP contribution in [0.15, 0.2) is 146 Å². The molecule has 0 radical (unpaired) electrons. The summed E-state index contributed by atoms with van der Waals surface area (Å²) in [5.74, 6) is -0.972. The van der Waals surface area contributed by atoms with Gasteiger partial charge in [-0.05, 0) is 116 Å². The molecular formula is C75H122O6. The third-order valence-corrected chi connectivity index (χ3v) is 13.8. The molecule has 458 valence electrons. The van der Waals surface area contributed by atoms with E-state index < -0.39 is 6.10 Å². The molecule has 0 rings (SSSR count). The number of allylic oxidation sites excluding steroid dienone is 24. The molecule has 0 spiro atoms. The number of carbonyl (C=O) groups is 3. The zero-order valence-electron chi connectivity index (χ0n) is 52.5. The van der Waals surface area contributed by atoms with E-state index in [4.69, 9.17) is 14.2 Å². The Bertz CT molecular complexity index is 1760. The fraction of sp³-hybridized carbons (Fsp3) is 0.640. The first-order chi connectivity index (χ1) is 40.0. The molecule has 0 aliphatic rings. The van der Waals surface area contributed by atoms with Crippen molar-refractivity contribution in [1.29, 1.82) is 0 Å². The number of hydrogen-bond donors (Lipinski definition) is 0. The Labute approximate surface area is 499 Å². The lowest BCUT2D eigenvalue weighted by Crippen LogP contribution is -2.30. The number of unbranched alkanes of at least 4 members (excludes halogenated alkanes) is 24. The van der Waals surface area contributed by atoms with Crippen LogP contribution in [-0.4, -0.2) is 37.2 Å². The minimum absolute atomic E-state index is 0.103. The summed E-state index contributed by atoms with van der Waals surface area (Å²) >= 11 is 0. The molecule has 0 aromatic heterocycles. The SMILES string of the molecule is CC/C=C\C/C=C\C/C=C\C/C=C\C/C=C\C/C=C\C/C=C\CCCC(=O)OCC(COC(=O)CCCCCCCCCCCCCCCCCCC)OC(=O)CCCCCCCCC/C=C\C/C=C\C/C=C\C/C=C\C/C=C\CC. The summed E-state index contributed by atoms with van der Waals surface area (Å²) in [7, 11) is 0. The molecular weight excluding hydrogens is 997 g/mol. The van der Waals surface area contributed by atoms with Crippen molar-refractivity contribution in [3.05, 3.63) is 146 Å². The van der Waals surface area contributed by atoms with Gasteiger partial charge in [0, 0.05) is 19.3 Å². The van der Waals surface area contributed by atoms with E-state index in [0.717, 1.165) is 135 Å². The van der Waals surface area contributed by atoms with Gasteiger partial charge in [0.2, 0.25) is 0 Å². The van der Waals surface area contributed by atoms with Gasteiger partial charge < -0.3 is 14.2 Å². The summed E-state index contributed by atoms with van der Waals surface area (Å²) in [6.45, 7) is 6.38.